The minimum absolute atomic E-state index is 0.0998. The van der Waals surface area contributed by atoms with Crippen LogP contribution in [0.3, 0.4) is 0 Å². The number of rotatable bonds is 6. The Bertz CT molecular complexity index is 389. The van der Waals surface area contributed by atoms with E-state index >= 15 is 0 Å². The van der Waals surface area contributed by atoms with E-state index in [2.05, 4.69) is 10.6 Å². The van der Waals surface area contributed by atoms with Crippen LogP contribution in [0.5, 0.6) is 0 Å². The molecule has 1 saturated carbocycles. The first-order chi connectivity index (χ1) is 9.79. The number of hydrogen-bond donors (Lipinski definition) is 3. The first-order valence-corrected chi connectivity index (χ1v) is 8.40. The molecule has 0 saturated heterocycles. The molecule has 4 nitrogen and oxygen atoms in total. The molecule has 20 heavy (non-hydrogen) atoms. The summed E-state index contributed by atoms with van der Waals surface area (Å²) in [6.45, 7) is 0.692. The Morgan fingerprint density at radius 3 is 2.85 bits per heavy atom. The third-order valence-electron chi connectivity index (χ3n) is 4.01. The standard InChI is InChI=1S/C15H24N2O2S/c18-8-6-14(13-4-2-1-3-5-13)17-15(19)16-10-12-7-9-20-11-12/h7,9,11,13-14,18H,1-6,8,10H2,(H2,16,17,19). The van der Waals surface area contributed by atoms with Gasteiger partial charge < -0.3 is 15.7 Å². The van der Waals surface area contributed by atoms with Gasteiger partial charge in [0.25, 0.3) is 0 Å². The van der Waals surface area contributed by atoms with Crippen LogP contribution in [-0.2, 0) is 6.54 Å². The van der Waals surface area contributed by atoms with E-state index < -0.39 is 0 Å². The molecular weight excluding hydrogens is 272 g/mol. The summed E-state index contributed by atoms with van der Waals surface area (Å²) >= 11 is 1.63. The number of thiophene rings is 1. The van der Waals surface area contributed by atoms with Gasteiger partial charge in [-0.2, -0.15) is 11.3 Å². The average Bonchev–Trinajstić information content (AvgIpc) is 2.99. The van der Waals surface area contributed by atoms with Gasteiger partial charge in [0.1, 0.15) is 0 Å². The van der Waals surface area contributed by atoms with E-state index in [9.17, 15) is 9.90 Å². The van der Waals surface area contributed by atoms with Crippen LogP contribution < -0.4 is 10.6 Å². The largest absolute Gasteiger partial charge is 0.396 e. The lowest BCUT2D eigenvalue weighted by molar-refractivity contribution is 0.196. The van der Waals surface area contributed by atoms with Crippen LogP contribution in [0.4, 0.5) is 4.79 Å². The van der Waals surface area contributed by atoms with Crippen molar-refractivity contribution in [3.05, 3.63) is 22.4 Å². The van der Waals surface area contributed by atoms with Crippen LogP contribution in [0.25, 0.3) is 0 Å². The van der Waals surface area contributed by atoms with E-state index in [1.165, 1.54) is 19.3 Å². The number of carbonyl (C=O) groups is 1. The topological polar surface area (TPSA) is 61.4 Å². The van der Waals surface area contributed by atoms with Crippen LogP contribution in [0, 0.1) is 5.92 Å². The Hall–Kier alpha value is -1.07. The highest BCUT2D eigenvalue weighted by Gasteiger charge is 2.24. The lowest BCUT2D eigenvalue weighted by Crippen LogP contribution is -2.46. The fourth-order valence-corrected chi connectivity index (χ4v) is 3.56. The maximum absolute atomic E-state index is 12.0. The van der Waals surface area contributed by atoms with Gasteiger partial charge in [0.05, 0.1) is 0 Å². The molecule has 1 aromatic rings. The van der Waals surface area contributed by atoms with E-state index in [0.29, 0.717) is 18.9 Å². The summed E-state index contributed by atoms with van der Waals surface area (Å²) in [5, 5.41) is 19.2. The van der Waals surface area contributed by atoms with Gasteiger partial charge in [-0.1, -0.05) is 19.3 Å². The van der Waals surface area contributed by atoms with Crippen LogP contribution in [0.15, 0.2) is 16.8 Å². The van der Waals surface area contributed by atoms with Gasteiger partial charge in [-0.15, -0.1) is 0 Å². The molecule has 0 aliphatic heterocycles. The van der Waals surface area contributed by atoms with Crippen molar-refractivity contribution >= 4 is 17.4 Å². The maximum atomic E-state index is 12.0. The smallest absolute Gasteiger partial charge is 0.315 e. The van der Waals surface area contributed by atoms with Crippen molar-refractivity contribution in [3.63, 3.8) is 0 Å². The third-order valence-corrected chi connectivity index (χ3v) is 4.74. The Morgan fingerprint density at radius 2 is 2.20 bits per heavy atom. The highest BCUT2D eigenvalue weighted by atomic mass is 32.1. The van der Waals surface area contributed by atoms with Gasteiger partial charge in [0, 0.05) is 19.2 Å². The molecule has 0 bridgehead atoms. The number of amides is 2. The fraction of sp³-hybridized carbons (Fsp3) is 0.667. The monoisotopic (exact) mass is 296 g/mol. The van der Waals surface area contributed by atoms with E-state index in [-0.39, 0.29) is 18.7 Å². The molecule has 2 amide bonds. The zero-order valence-corrected chi connectivity index (χ0v) is 12.6. The minimum atomic E-state index is -0.125. The summed E-state index contributed by atoms with van der Waals surface area (Å²) in [6.07, 6.45) is 6.75. The second-order valence-corrected chi connectivity index (χ2v) is 6.26. The second kappa shape index (κ2) is 8.27. The predicted molar refractivity (Wildman–Crippen MR) is 81.8 cm³/mol. The first kappa shape index (κ1) is 15.3. The molecule has 1 aliphatic carbocycles. The molecule has 2 rings (SSSR count). The number of aliphatic hydroxyl groups excluding tert-OH is 1. The number of urea groups is 1. The van der Waals surface area contributed by atoms with Crippen molar-refractivity contribution in [2.45, 2.75) is 51.1 Å². The third kappa shape index (κ3) is 4.80. The van der Waals surface area contributed by atoms with Crippen molar-refractivity contribution in [1.82, 2.24) is 10.6 Å². The predicted octanol–water partition coefficient (Wildman–Crippen LogP) is 2.88. The van der Waals surface area contributed by atoms with Gasteiger partial charge in [0.15, 0.2) is 0 Å². The lowest BCUT2D eigenvalue weighted by atomic mass is 9.83. The molecule has 0 spiro atoms. The number of hydrogen-bond acceptors (Lipinski definition) is 3. The van der Waals surface area contributed by atoms with Crippen LogP contribution in [0.2, 0.25) is 0 Å². The Kier molecular flexibility index (Phi) is 6.33. The highest BCUT2D eigenvalue weighted by Crippen LogP contribution is 2.27. The quantitative estimate of drug-likeness (QED) is 0.756. The summed E-state index contributed by atoms with van der Waals surface area (Å²) in [5.74, 6) is 0.516. The van der Waals surface area contributed by atoms with Crippen molar-refractivity contribution in [3.8, 4) is 0 Å². The Morgan fingerprint density at radius 1 is 1.40 bits per heavy atom. The Labute approximate surface area is 124 Å². The maximum Gasteiger partial charge on any atom is 0.315 e. The fourth-order valence-electron chi connectivity index (χ4n) is 2.90. The average molecular weight is 296 g/mol. The second-order valence-electron chi connectivity index (χ2n) is 5.48. The number of nitrogens with one attached hydrogen (secondary N) is 2. The van der Waals surface area contributed by atoms with Crippen LogP contribution in [0.1, 0.15) is 44.1 Å². The zero-order valence-electron chi connectivity index (χ0n) is 11.8. The van der Waals surface area contributed by atoms with Gasteiger partial charge >= 0.3 is 6.03 Å². The molecule has 0 aromatic carbocycles. The van der Waals surface area contributed by atoms with Crippen molar-refractivity contribution in [2.24, 2.45) is 5.92 Å². The number of carbonyl (C=O) groups excluding carboxylic acids is 1. The molecule has 0 radical (unpaired) electrons. The molecule has 1 heterocycles. The van der Waals surface area contributed by atoms with Gasteiger partial charge in [-0.05, 0) is 47.6 Å². The molecule has 1 atom stereocenters. The van der Waals surface area contributed by atoms with Crippen molar-refractivity contribution in [2.75, 3.05) is 6.61 Å². The molecule has 112 valence electrons. The SMILES string of the molecule is O=C(NCc1ccsc1)NC(CCO)C1CCCCC1. The summed E-state index contributed by atoms with van der Waals surface area (Å²) in [7, 11) is 0. The summed E-state index contributed by atoms with van der Waals surface area (Å²) < 4.78 is 0. The normalized spacial score (nSPS) is 17.6. The van der Waals surface area contributed by atoms with Gasteiger partial charge in [-0.25, -0.2) is 4.79 Å². The van der Waals surface area contributed by atoms with Gasteiger partial charge in [-0.3, -0.25) is 0 Å². The Balaban J connectivity index is 1.78. The molecule has 1 aromatic heterocycles. The summed E-state index contributed by atoms with van der Waals surface area (Å²) in [4.78, 5) is 12.0. The molecule has 3 N–H and O–H groups in total. The van der Waals surface area contributed by atoms with Crippen molar-refractivity contribution in [1.29, 1.82) is 0 Å². The van der Waals surface area contributed by atoms with Crippen LogP contribution in [-0.4, -0.2) is 23.8 Å². The summed E-state index contributed by atoms with van der Waals surface area (Å²) in [5.41, 5.74) is 1.13. The molecule has 5 heteroatoms. The van der Waals surface area contributed by atoms with E-state index in [4.69, 9.17) is 0 Å². The van der Waals surface area contributed by atoms with Crippen LogP contribution >= 0.6 is 11.3 Å². The van der Waals surface area contributed by atoms with E-state index in [1.807, 2.05) is 16.8 Å². The summed E-state index contributed by atoms with van der Waals surface area (Å²) in [6, 6.07) is 1.99. The molecule has 1 fully saturated rings. The van der Waals surface area contributed by atoms with E-state index in [1.54, 1.807) is 11.3 Å². The van der Waals surface area contributed by atoms with Gasteiger partial charge in [0.2, 0.25) is 0 Å². The number of aliphatic hydroxyl groups is 1. The van der Waals surface area contributed by atoms with Crippen molar-refractivity contribution < 1.29 is 9.90 Å². The molecule has 1 aliphatic rings. The highest BCUT2D eigenvalue weighted by molar-refractivity contribution is 7.07. The zero-order chi connectivity index (χ0) is 14.2. The molecular formula is C15H24N2O2S. The first-order valence-electron chi connectivity index (χ1n) is 7.46. The minimum Gasteiger partial charge on any atom is -0.396 e. The lowest BCUT2D eigenvalue weighted by Gasteiger charge is -2.30. The van der Waals surface area contributed by atoms with E-state index in [0.717, 1.165) is 18.4 Å². The molecule has 1 unspecified atom stereocenters.